The summed E-state index contributed by atoms with van der Waals surface area (Å²) in [6.07, 6.45) is 0. The number of hydrogen-bond donors (Lipinski definition) is 1. The van der Waals surface area contributed by atoms with E-state index in [1.807, 2.05) is 0 Å². The van der Waals surface area contributed by atoms with Crippen LogP contribution in [-0.2, 0) is 9.84 Å². The normalized spacial score (nSPS) is 14.6. The standard InChI is InChI=1S/C11H13Cl2NO3S/c1-3-18(16,17)7(2)11(14-15)9-5-4-8(12)6-10(9)13/h4-7,15H,3H2,1-2H3/b14-11-. The third-order valence-electron chi connectivity index (χ3n) is 2.64. The van der Waals surface area contributed by atoms with Crippen LogP contribution in [0.15, 0.2) is 23.4 Å². The Bertz CT molecular complexity index is 570. The van der Waals surface area contributed by atoms with E-state index < -0.39 is 15.1 Å². The molecule has 0 saturated heterocycles. The zero-order valence-electron chi connectivity index (χ0n) is 9.89. The Kier molecular flexibility index (Phi) is 5.01. The molecular weight excluding hydrogens is 297 g/mol. The molecule has 1 N–H and O–H groups in total. The molecule has 7 heteroatoms. The number of benzene rings is 1. The monoisotopic (exact) mass is 309 g/mol. The summed E-state index contributed by atoms with van der Waals surface area (Å²) >= 11 is 11.7. The van der Waals surface area contributed by atoms with Gasteiger partial charge in [0.15, 0.2) is 9.84 Å². The fourth-order valence-electron chi connectivity index (χ4n) is 1.47. The minimum absolute atomic E-state index is 0.0125. The van der Waals surface area contributed by atoms with Gasteiger partial charge in [-0.15, -0.1) is 0 Å². The Balaban J connectivity index is 3.28. The van der Waals surface area contributed by atoms with E-state index >= 15 is 0 Å². The number of halogens is 2. The molecule has 0 aromatic heterocycles. The highest BCUT2D eigenvalue weighted by Gasteiger charge is 2.27. The fourth-order valence-corrected chi connectivity index (χ4v) is 2.99. The fraction of sp³-hybridized carbons (Fsp3) is 0.364. The Morgan fingerprint density at radius 2 is 2.06 bits per heavy atom. The summed E-state index contributed by atoms with van der Waals surface area (Å²) in [6.45, 7) is 2.99. The summed E-state index contributed by atoms with van der Waals surface area (Å²) in [6, 6.07) is 4.55. The van der Waals surface area contributed by atoms with Crippen LogP contribution in [0, 0.1) is 0 Å². The van der Waals surface area contributed by atoms with Crippen LogP contribution in [0.3, 0.4) is 0 Å². The van der Waals surface area contributed by atoms with Crippen LogP contribution in [-0.4, -0.2) is 30.3 Å². The Labute approximate surface area is 116 Å². The SMILES string of the molecule is CCS(=O)(=O)C(C)/C(=N/O)c1ccc(Cl)cc1Cl. The summed E-state index contributed by atoms with van der Waals surface area (Å²) in [5, 5.41) is 11.8. The van der Waals surface area contributed by atoms with Crippen molar-refractivity contribution in [1.29, 1.82) is 0 Å². The van der Waals surface area contributed by atoms with Gasteiger partial charge in [0.05, 0.1) is 5.02 Å². The van der Waals surface area contributed by atoms with E-state index in [1.54, 1.807) is 6.07 Å². The van der Waals surface area contributed by atoms with Crippen molar-refractivity contribution in [1.82, 2.24) is 0 Å². The predicted octanol–water partition coefficient (Wildman–Crippen LogP) is 2.99. The molecule has 1 aromatic rings. The first kappa shape index (κ1) is 15.3. The molecule has 1 rings (SSSR count). The number of sulfone groups is 1. The molecule has 0 aliphatic rings. The highest BCUT2D eigenvalue weighted by molar-refractivity contribution is 7.92. The molecule has 4 nitrogen and oxygen atoms in total. The summed E-state index contributed by atoms with van der Waals surface area (Å²) < 4.78 is 23.6. The van der Waals surface area contributed by atoms with Gasteiger partial charge in [0, 0.05) is 16.3 Å². The van der Waals surface area contributed by atoms with Crippen molar-refractivity contribution in [3.63, 3.8) is 0 Å². The molecule has 1 atom stereocenters. The van der Waals surface area contributed by atoms with E-state index in [2.05, 4.69) is 5.16 Å². The molecule has 1 aromatic carbocycles. The van der Waals surface area contributed by atoms with Gasteiger partial charge >= 0.3 is 0 Å². The van der Waals surface area contributed by atoms with E-state index in [9.17, 15) is 8.42 Å². The quantitative estimate of drug-likeness (QED) is 0.528. The first-order valence-corrected chi connectivity index (χ1v) is 7.69. The molecule has 18 heavy (non-hydrogen) atoms. The highest BCUT2D eigenvalue weighted by Crippen LogP contribution is 2.24. The van der Waals surface area contributed by atoms with Gasteiger partial charge in [-0.2, -0.15) is 0 Å². The van der Waals surface area contributed by atoms with Gasteiger partial charge in [-0.3, -0.25) is 0 Å². The van der Waals surface area contributed by atoms with Crippen LogP contribution in [0.25, 0.3) is 0 Å². The van der Waals surface area contributed by atoms with Crippen LogP contribution in [0.1, 0.15) is 19.4 Å². The molecule has 0 fully saturated rings. The minimum Gasteiger partial charge on any atom is -0.411 e. The number of rotatable bonds is 4. The van der Waals surface area contributed by atoms with Crippen molar-refractivity contribution in [2.75, 3.05) is 5.75 Å². The zero-order valence-corrected chi connectivity index (χ0v) is 12.2. The average Bonchev–Trinajstić information content (AvgIpc) is 2.32. The van der Waals surface area contributed by atoms with Gasteiger partial charge in [-0.1, -0.05) is 35.3 Å². The number of nitrogens with zero attached hydrogens (tertiary/aromatic N) is 1. The first-order valence-electron chi connectivity index (χ1n) is 5.22. The van der Waals surface area contributed by atoms with E-state index in [4.69, 9.17) is 28.4 Å². The lowest BCUT2D eigenvalue weighted by Gasteiger charge is -2.14. The second-order valence-corrected chi connectivity index (χ2v) is 7.16. The van der Waals surface area contributed by atoms with E-state index in [-0.39, 0.29) is 16.5 Å². The van der Waals surface area contributed by atoms with Crippen molar-refractivity contribution < 1.29 is 13.6 Å². The Morgan fingerprint density at radius 3 is 2.50 bits per heavy atom. The molecule has 100 valence electrons. The molecular formula is C11H13Cl2NO3S. The summed E-state index contributed by atoms with van der Waals surface area (Å²) in [5.74, 6) is -0.0433. The number of oxime groups is 1. The van der Waals surface area contributed by atoms with Gasteiger partial charge in [-0.05, 0) is 25.1 Å². The van der Waals surface area contributed by atoms with Gasteiger partial charge < -0.3 is 5.21 Å². The van der Waals surface area contributed by atoms with Gasteiger partial charge in [0.2, 0.25) is 0 Å². The highest BCUT2D eigenvalue weighted by atomic mass is 35.5. The van der Waals surface area contributed by atoms with Crippen LogP contribution in [0.2, 0.25) is 10.0 Å². The molecule has 0 heterocycles. The smallest absolute Gasteiger partial charge is 0.158 e. The molecule has 0 aliphatic heterocycles. The third-order valence-corrected chi connectivity index (χ3v) is 5.29. The maximum absolute atomic E-state index is 11.8. The maximum Gasteiger partial charge on any atom is 0.158 e. The lowest BCUT2D eigenvalue weighted by atomic mass is 10.1. The molecule has 0 amide bonds. The molecule has 0 spiro atoms. The van der Waals surface area contributed by atoms with Crippen molar-refractivity contribution in [2.45, 2.75) is 19.1 Å². The lowest BCUT2D eigenvalue weighted by Crippen LogP contribution is -2.29. The van der Waals surface area contributed by atoms with Crippen molar-refractivity contribution >= 4 is 38.8 Å². The van der Waals surface area contributed by atoms with Crippen molar-refractivity contribution in [3.05, 3.63) is 33.8 Å². The third kappa shape index (κ3) is 3.16. The minimum atomic E-state index is -3.37. The van der Waals surface area contributed by atoms with Gasteiger partial charge in [0.25, 0.3) is 0 Å². The first-order chi connectivity index (χ1) is 8.33. The van der Waals surface area contributed by atoms with E-state index in [0.29, 0.717) is 10.6 Å². The molecule has 0 bridgehead atoms. The zero-order chi connectivity index (χ0) is 13.9. The molecule has 1 unspecified atom stereocenters. The van der Waals surface area contributed by atoms with Crippen LogP contribution in [0.4, 0.5) is 0 Å². The Hall–Kier alpha value is -0.780. The summed E-state index contributed by atoms with van der Waals surface area (Å²) in [4.78, 5) is 0. The van der Waals surface area contributed by atoms with Crippen molar-refractivity contribution in [3.8, 4) is 0 Å². The largest absolute Gasteiger partial charge is 0.411 e. The van der Waals surface area contributed by atoms with E-state index in [1.165, 1.54) is 26.0 Å². The van der Waals surface area contributed by atoms with Gasteiger partial charge in [0.1, 0.15) is 11.0 Å². The predicted molar refractivity (Wildman–Crippen MR) is 73.7 cm³/mol. The maximum atomic E-state index is 11.8. The van der Waals surface area contributed by atoms with Gasteiger partial charge in [-0.25, -0.2) is 8.42 Å². The topological polar surface area (TPSA) is 66.7 Å². The number of hydrogen-bond acceptors (Lipinski definition) is 4. The van der Waals surface area contributed by atoms with E-state index in [0.717, 1.165) is 0 Å². The average molecular weight is 310 g/mol. The van der Waals surface area contributed by atoms with Crippen LogP contribution in [0.5, 0.6) is 0 Å². The summed E-state index contributed by atoms with van der Waals surface area (Å²) in [5.41, 5.74) is 0.367. The van der Waals surface area contributed by atoms with Crippen LogP contribution >= 0.6 is 23.2 Å². The second kappa shape index (κ2) is 5.91. The summed E-state index contributed by atoms with van der Waals surface area (Å²) in [7, 11) is -3.37. The molecule has 0 aliphatic carbocycles. The Morgan fingerprint density at radius 1 is 1.44 bits per heavy atom. The molecule has 0 saturated carbocycles. The second-order valence-electron chi connectivity index (χ2n) is 3.70. The lowest BCUT2D eigenvalue weighted by molar-refractivity contribution is 0.318. The van der Waals surface area contributed by atoms with Crippen molar-refractivity contribution in [2.24, 2.45) is 5.16 Å². The van der Waals surface area contributed by atoms with Crippen LogP contribution < -0.4 is 0 Å². The molecule has 0 radical (unpaired) electrons.